The number of nitrogens with one attached hydrogen (secondary N) is 2. The van der Waals surface area contributed by atoms with Gasteiger partial charge in [0, 0.05) is 12.0 Å². The van der Waals surface area contributed by atoms with E-state index in [-0.39, 0.29) is 11.4 Å². The molecule has 0 heterocycles. The highest BCUT2D eigenvalue weighted by Gasteiger charge is 2.46. The Morgan fingerprint density at radius 2 is 2.05 bits per heavy atom. The molecule has 1 aliphatic rings. The second-order valence-corrected chi connectivity index (χ2v) is 4.96. The van der Waals surface area contributed by atoms with Gasteiger partial charge in [-0.05, 0) is 36.6 Å². The molecule has 0 spiro atoms. The van der Waals surface area contributed by atoms with E-state index in [1.165, 1.54) is 17.3 Å². The minimum absolute atomic E-state index is 0.0968. The molecule has 3 heteroatoms. The molecule has 1 saturated carbocycles. The van der Waals surface area contributed by atoms with E-state index in [1.54, 1.807) is 0 Å². The fraction of sp³-hybridized carbons (Fsp3) is 0.294. The van der Waals surface area contributed by atoms with E-state index in [2.05, 4.69) is 53.8 Å². The Morgan fingerprint density at radius 1 is 1.35 bits per heavy atom. The third-order valence-corrected chi connectivity index (χ3v) is 3.76. The Morgan fingerprint density at radius 3 is 2.60 bits per heavy atom. The summed E-state index contributed by atoms with van der Waals surface area (Å²) in [4.78, 5) is 11.3. The maximum atomic E-state index is 11.3. The molecule has 104 valence electrons. The van der Waals surface area contributed by atoms with Crippen molar-refractivity contribution in [3.63, 3.8) is 0 Å². The van der Waals surface area contributed by atoms with Gasteiger partial charge in [0.15, 0.2) is 0 Å². The first-order chi connectivity index (χ1) is 9.73. The molecule has 1 fully saturated rings. The summed E-state index contributed by atoms with van der Waals surface area (Å²) in [5.74, 6) is 0. The second-order valence-electron chi connectivity index (χ2n) is 4.96. The van der Waals surface area contributed by atoms with Gasteiger partial charge in [0.25, 0.3) is 0 Å². The molecule has 1 aromatic carbocycles. The van der Waals surface area contributed by atoms with E-state index >= 15 is 0 Å². The Labute approximate surface area is 120 Å². The monoisotopic (exact) mass is 268 g/mol. The Hall–Kier alpha value is -2.25. The van der Waals surface area contributed by atoms with Crippen molar-refractivity contribution >= 4 is 6.03 Å². The van der Waals surface area contributed by atoms with Crippen molar-refractivity contribution in [2.24, 2.45) is 0 Å². The minimum Gasteiger partial charge on any atom is -0.338 e. The maximum Gasteiger partial charge on any atom is 0.318 e. The molecule has 3 nitrogen and oxygen atoms in total. The summed E-state index contributed by atoms with van der Waals surface area (Å²) in [5, 5.41) is 5.28. The Bertz CT molecular complexity index is 537. The Balaban J connectivity index is 1.98. The van der Waals surface area contributed by atoms with Crippen LogP contribution in [0.2, 0.25) is 0 Å². The molecule has 1 aliphatic carbocycles. The first-order valence-corrected chi connectivity index (χ1v) is 6.83. The van der Waals surface area contributed by atoms with E-state index in [9.17, 15) is 4.79 Å². The highest BCUT2D eigenvalue weighted by Crippen LogP contribution is 2.54. The summed E-state index contributed by atoms with van der Waals surface area (Å²) in [5.41, 5.74) is 5.68. The number of rotatable bonds is 6. The van der Waals surface area contributed by atoms with Crippen LogP contribution in [0.3, 0.4) is 0 Å². The molecule has 0 aromatic heterocycles. The fourth-order valence-corrected chi connectivity index (χ4v) is 2.59. The number of benzene rings is 1. The number of carbonyl (C=O) groups is 1. The largest absolute Gasteiger partial charge is 0.338 e. The summed E-state index contributed by atoms with van der Waals surface area (Å²) in [6, 6.07) is 10.2. The number of urea groups is 1. The van der Waals surface area contributed by atoms with Gasteiger partial charge in [-0.3, -0.25) is 0 Å². The van der Waals surface area contributed by atoms with Crippen LogP contribution >= 0.6 is 0 Å². The van der Waals surface area contributed by atoms with Gasteiger partial charge in [-0.15, -0.1) is 5.73 Å². The van der Waals surface area contributed by atoms with E-state index in [0.29, 0.717) is 6.54 Å². The first-order valence-electron chi connectivity index (χ1n) is 6.83. The van der Waals surface area contributed by atoms with Crippen LogP contribution in [0.25, 0.3) is 0 Å². The summed E-state index contributed by atoms with van der Waals surface area (Å²) >= 11 is 0. The number of hydrogen-bond acceptors (Lipinski definition) is 1. The zero-order chi connectivity index (χ0) is 14.4. The summed E-state index contributed by atoms with van der Waals surface area (Å²) in [7, 11) is 0. The predicted molar refractivity (Wildman–Crippen MR) is 81.4 cm³/mol. The van der Waals surface area contributed by atoms with Crippen LogP contribution in [0.15, 0.2) is 61.0 Å². The van der Waals surface area contributed by atoms with E-state index in [0.717, 1.165) is 19.3 Å². The van der Waals surface area contributed by atoms with E-state index in [1.807, 2.05) is 6.07 Å². The van der Waals surface area contributed by atoms with Crippen molar-refractivity contribution in [2.75, 3.05) is 6.54 Å². The predicted octanol–water partition coefficient (Wildman–Crippen LogP) is 3.26. The molecular weight excluding hydrogens is 248 g/mol. The molecule has 0 bridgehead atoms. The Kier molecular flexibility index (Phi) is 4.44. The molecule has 1 aromatic rings. The van der Waals surface area contributed by atoms with Crippen LogP contribution in [0.5, 0.6) is 0 Å². The maximum absolute atomic E-state index is 11.3. The molecule has 0 unspecified atom stereocenters. The lowest BCUT2D eigenvalue weighted by molar-refractivity contribution is 0.244. The number of hydrogen-bond donors (Lipinski definition) is 2. The van der Waals surface area contributed by atoms with Crippen molar-refractivity contribution < 1.29 is 4.79 Å². The number of carbonyl (C=O) groups excluding carboxylic acids is 1. The van der Waals surface area contributed by atoms with Crippen molar-refractivity contribution in [1.82, 2.24) is 10.6 Å². The van der Waals surface area contributed by atoms with Crippen LogP contribution in [0.4, 0.5) is 4.79 Å². The normalized spacial score (nSPS) is 14.8. The molecule has 0 aliphatic heterocycles. The van der Waals surface area contributed by atoms with Crippen LogP contribution in [0.1, 0.15) is 24.8 Å². The van der Waals surface area contributed by atoms with Gasteiger partial charge in [-0.2, -0.15) is 0 Å². The summed E-state index contributed by atoms with van der Waals surface area (Å²) in [6.07, 6.45) is 4.40. The first kappa shape index (κ1) is 14.2. The molecule has 2 rings (SSSR count). The van der Waals surface area contributed by atoms with Gasteiger partial charge in [-0.1, -0.05) is 43.5 Å². The lowest BCUT2D eigenvalue weighted by Gasteiger charge is -2.18. The van der Waals surface area contributed by atoms with Crippen LogP contribution in [0, 0.1) is 0 Å². The van der Waals surface area contributed by atoms with Gasteiger partial charge in [0.2, 0.25) is 0 Å². The van der Waals surface area contributed by atoms with Crippen LogP contribution < -0.4 is 10.6 Å². The van der Waals surface area contributed by atoms with Gasteiger partial charge >= 0.3 is 6.03 Å². The zero-order valence-corrected chi connectivity index (χ0v) is 11.6. The lowest BCUT2D eigenvalue weighted by Crippen LogP contribution is -2.33. The summed E-state index contributed by atoms with van der Waals surface area (Å²) in [6.45, 7) is 7.85. The minimum atomic E-state index is -0.229. The van der Waals surface area contributed by atoms with Crippen molar-refractivity contribution in [2.45, 2.75) is 24.7 Å². The molecule has 0 atom stereocenters. The van der Waals surface area contributed by atoms with Crippen molar-refractivity contribution in [1.29, 1.82) is 0 Å². The van der Waals surface area contributed by atoms with Gasteiger partial charge in [0.1, 0.15) is 0 Å². The molecular formula is C17H20N2O. The molecule has 2 amide bonds. The molecule has 20 heavy (non-hydrogen) atoms. The topological polar surface area (TPSA) is 41.1 Å². The lowest BCUT2D eigenvalue weighted by atomic mass is 9.86. The third-order valence-electron chi connectivity index (χ3n) is 3.76. The third kappa shape index (κ3) is 3.01. The van der Waals surface area contributed by atoms with Gasteiger partial charge in [-0.25, -0.2) is 4.79 Å². The van der Waals surface area contributed by atoms with Gasteiger partial charge < -0.3 is 10.6 Å². The standard InChI is InChI=1S/C17H20N2O/c1-3-14(10-13-19-16(20)18-4-2)17(11-12-17)15-8-6-5-7-9-15/h4-9H,1-2,10-13H2,(H2,18,19,20). The summed E-state index contributed by atoms with van der Waals surface area (Å²) < 4.78 is 0. The van der Waals surface area contributed by atoms with Crippen molar-refractivity contribution in [3.8, 4) is 0 Å². The fourth-order valence-electron chi connectivity index (χ4n) is 2.59. The average molecular weight is 268 g/mol. The smallest absolute Gasteiger partial charge is 0.318 e. The van der Waals surface area contributed by atoms with Crippen LogP contribution in [-0.4, -0.2) is 12.6 Å². The van der Waals surface area contributed by atoms with Crippen LogP contribution in [-0.2, 0) is 5.41 Å². The number of amides is 2. The molecule has 2 N–H and O–H groups in total. The highest BCUT2D eigenvalue weighted by atomic mass is 16.2. The van der Waals surface area contributed by atoms with Gasteiger partial charge in [0.05, 0.1) is 0 Å². The zero-order valence-electron chi connectivity index (χ0n) is 11.6. The average Bonchev–Trinajstić information content (AvgIpc) is 3.26. The molecule has 0 saturated heterocycles. The van der Waals surface area contributed by atoms with E-state index < -0.39 is 0 Å². The quantitative estimate of drug-likeness (QED) is 0.764. The molecule has 0 radical (unpaired) electrons. The second kappa shape index (κ2) is 6.27. The SMILES string of the molecule is C=C=C(CCNC(=O)NC=C)C1(c2ccccc2)CC1. The van der Waals surface area contributed by atoms with Crippen molar-refractivity contribution in [3.05, 3.63) is 66.6 Å². The highest BCUT2D eigenvalue weighted by molar-refractivity contribution is 5.74. The van der Waals surface area contributed by atoms with E-state index in [4.69, 9.17) is 0 Å².